The zero-order valence-electron chi connectivity index (χ0n) is 30.2. The molecular formula is C52H37N2Os. The summed E-state index contributed by atoms with van der Waals surface area (Å²) in [5, 5.41) is 2.53. The molecule has 1 aliphatic rings. The second-order valence-corrected chi connectivity index (χ2v) is 14.0. The molecule has 0 saturated heterocycles. The molecule has 0 bridgehead atoms. The van der Waals surface area contributed by atoms with E-state index >= 15 is 0 Å². The predicted molar refractivity (Wildman–Crippen MR) is 228 cm³/mol. The number of hydrogen-bond donors (Lipinski definition) is 0. The summed E-state index contributed by atoms with van der Waals surface area (Å²) >= 11 is 0. The normalized spacial score (nSPS) is 12.0. The van der Waals surface area contributed by atoms with Crippen LogP contribution in [0.4, 0.5) is 17.1 Å². The van der Waals surface area contributed by atoms with Crippen molar-refractivity contribution in [3.8, 4) is 39.1 Å². The minimum Gasteiger partial charge on any atom is -0.311 e. The molecule has 263 valence electrons. The number of hydrogen-bond acceptors (Lipinski definition) is 1. The number of para-hydroxylation sites is 2. The second kappa shape index (κ2) is 14.9. The van der Waals surface area contributed by atoms with Gasteiger partial charge in [-0.25, -0.2) is 0 Å². The van der Waals surface area contributed by atoms with Crippen LogP contribution in [0.25, 0.3) is 66.9 Å². The summed E-state index contributed by atoms with van der Waals surface area (Å²) in [7, 11) is 0. The molecule has 0 amide bonds. The summed E-state index contributed by atoms with van der Waals surface area (Å²) in [4.78, 5) is 2.36. The third kappa shape index (κ3) is 6.42. The molecule has 0 N–H and O–H groups in total. The van der Waals surface area contributed by atoms with Crippen LogP contribution in [0.5, 0.6) is 0 Å². The van der Waals surface area contributed by atoms with Crippen molar-refractivity contribution in [2.24, 2.45) is 0 Å². The van der Waals surface area contributed by atoms with Crippen LogP contribution in [0.2, 0.25) is 0 Å². The largest absolute Gasteiger partial charge is 1.00 e. The number of allylic oxidation sites excluding steroid dienone is 1. The van der Waals surface area contributed by atoms with E-state index in [0.29, 0.717) is 0 Å². The molecule has 0 fully saturated rings. The Morgan fingerprint density at radius 3 is 1.76 bits per heavy atom. The summed E-state index contributed by atoms with van der Waals surface area (Å²) in [6.07, 6.45) is 6.80. The molecule has 9 aromatic rings. The fraction of sp³-hybridized carbons (Fsp3) is 0.0385. The average molecular weight is 880 g/mol. The standard InChI is InChI=1S/C52H37N2.Os/c1-2-12-37(13-3-1)41-16-10-17-42(36-41)38-24-28-43(29-25-38)53(44-30-26-40(27-31-44)48-21-11-15-39-14-4-5-18-47(39)48)45-32-34-46(35-33-45)54-51-22-8-6-19-49(51)50-20-7-9-23-52(50)54;/h1-3,5-12,15-36H,4,14H2;/q-1;+1. The molecule has 0 unspecified atom stereocenters. The Balaban J connectivity index is 0.00000397. The van der Waals surface area contributed by atoms with E-state index in [2.05, 4.69) is 204 Å². The van der Waals surface area contributed by atoms with E-state index in [-0.39, 0.29) is 19.8 Å². The number of fused-ring (bicyclic) bond motifs is 4. The first-order valence-electron chi connectivity index (χ1n) is 18.7. The van der Waals surface area contributed by atoms with Crippen molar-refractivity contribution in [2.75, 3.05) is 4.90 Å². The van der Waals surface area contributed by atoms with E-state index in [9.17, 15) is 0 Å². The summed E-state index contributed by atoms with van der Waals surface area (Å²) in [5.74, 6) is 0. The topological polar surface area (TPSA) is 8.17 Å². The fourth-order valence-corrected chi connectivity index (χ4v) is 8.15. The van der Waals surface area contributed by atoms with Gasteiger partial charge in [0.1, 0.15) is 0 Å². The Hall–Kier alpha value is -6.26. The van der Waals surface area contributed by atoms with Crippen molar-refractivity contribution in [1.82, 2.24) is 4.57 Å². The van der Waals surface area contributed by atoms with Gasteiger partial charge in [0.25, 0.3) is 0 Å². The van der Waals surface area contributed by atoms with E-state index in [4.69, 9.17) is 0 Å². The molecule has 1 aromatic heterocycles. The Bertz CT molecular complexity index is 2740. The molecule has 0 aliphatic heterocycles. The number of benzene rings is 8. The van der Waals surface area contributed by atoms with Gasteiger partial charge in [0.2, 0.25) is 0 Å². The zero-order valence-corrected chi connectivity index (χ0v) is 32.8. The van der Waals surface area contributed by atoms with Crippen LogP contribution >= 0.6 is 0 Å². The quantitative estimate of drug-likeness (QED) is 0.145. The molecule has 2 nitrogen and oxygen atoms in total. The number of rotatable bonds is 7. The maximum atomic E-state index is 3.37. The van der Waals surface area contributed by atoms with Crippen molar-refractivity contribution < 1.29 is 19.8 Å². The van der Waals surface area contributed by atoms with Gasteiger partial charge in [0, 0.05) is 33.5 Å². The maximum absolute atomic E-state index is 3.37. The molecule has 3 heteroatoms. The number of aromatic nitrogens is 1. The van der Waals surface area contributed by atoms with Crippen molar-refractivity contribution in [2.45, 2.75) is 12.8 Å². The van der Waals surface area contributed by atoms with Gasteiger partial charge in [-0.1, -0.05) is 121 Å². The van der Waals surface area contributed by atoms with Gasteiger partial charge < -0.3 is 9.47 Å². The Morgan fingerprint density at radius 2 is 1.09 bits per heavy atom. The number of anilines is 3. The van der Waals surface area contributed by atoms with Gasteiger partial charge in [0.15, 0.2) is 0 Å². The van der Waals surface area contributed by atoms with Crippen molar-refractivity contribution in [3.63, 3.8) is 0 Å². The number of aryl methyl sites for hydroxylation is 1. The molecule has 0 atom stereocenters. The summed E-state index contributed by atoms with van der Waals surface area (Å²) in [6.45, 7) is 0. The molecule has 10 rings (SSSR count). The van der Waals surface area contributed by atoms with E-state index < -0.39 is 0 Å². The van der Waals surface area contributed by atoms with E-state index in [0.717, 1.165) is 46.7 Å². The van der Waals surface area contributed by atoms with E-state index in [1.54, 1.807) is 0 Å². The average Bonchev–Trinajstić information content (AvgIpc) is 3.59. The zero-order chi connectivity index (χ0) is 35.8. The minimum absolute atomic E-state index is 0. The van der Waals surface area contributed by atoms with Crippen LogP contribution in [0.3, 0.4) is 0 Å². The molecule has 1 aliphatic carbocycles. The van der Waals surface area contributed by atoms with Crippen molar-refractivity contribution in [1.29, 1.82) is 0 Å². The molecule has 0 spiro atoms. The Morgan fingerprint density at radius 1 is 0.491 bits per heavy atom. The maximum Gasteiger partial charge on any atom is 1.00 e. The molecule has 1 heterocycles. The SMILES string of the molecule is [Os+].[c-]1ccccc1-c1cccc(-c2ccc(N(c3ccc(-c4cccc5c4C=CCC5)cc3)c3ccc(-n4c5ccccc5c5ccccc54)cc3)cc2)c1. The van der Waals surface area contributed by atoms with Gasteiger partial charge in [0.05, 0.1) is 11.0 Å². The molecule has 8 aromatic carbocycles. The van der Waals surface area contributed by atoms with Crippen LogP contribution in [-0.2, 0) is 26.2 Å². The van der Waals surface area contributed by atoms with Gasteiger partial charge in [-0.3, -0.25) is 0 Å². The first-order chi connectivity index (χ1) is 26.8. The van der Waals surface area contributed by atoms with Crippen LogP contribution in [-0.4, -0.2) is 4.57 Å². The smallest absolute Gasteiger partial charge is 0.311 e. The Kier molecular flexibility index (Phi) is 9.33. The molecule has 1 radical (unpaired) electrons. The van der Waals surface area contributed by atoms with Crippen LogP contribution in [0.1, 0.15) is 17.5 Å². The molecule has 55 heavy (non-hydrogen) atoms. The Labute approximate surface area is 335 Å². The molecular weight excluding hydrogens is 843 g/mol. The van der Waals surface area contributed by atoms with Crippen LogP contribution in [0, 0.1) is 6.07 Å². The van der Waals surface area contributed by atoms with Crippen LogP contribution < -0.4 is 4.90 Å². The number of nitrogens with zero attached hydrogens (tertiary/aromatic N) is 2. The van der Waals surface area contributed by atoms with Gasteiger partial charge in [-0.2, -0.15) is 0 Å². The van der Waals surface area contributed by atoms with Gasteiger partial charge in [-0.05, 0) is 107 Å². The molecule has 0 saturated carbocycles. The fourth-order valence-electron chi connectivity index (χ4n) is 8.15. The predicted octanol–water partition coefficient (Wildman–Crippen LogP) is 14.0. The third-order valence-corrected chi connectivity index (χ3v) is 10.8. The van der Waals surface area contributed by atoms with Gasteiger partial charge >= 0.3 is 19.8 Å². The van der Waals surface area contributed by atoms with E-state index in [1.807, 2.05) is 12.1 Å². The first-order valence-corrected chi connectivity index (χ1v) is 18.7. The monoisotopic (exact) mass is 881 g/mol. The third-order valence-electron chi connectivity index (χ3n) is 10.8. The first kappa shape index (κ1) is 34.5. The minimum atomic E-state index is 0. The summed E-state index contributed by atoms with van der Waals surface area (Å²) < 4.78 is 2.37. The summed E-state index contributed by atoms with van der Waals surface area (Å²) in [6, 6.07) is 71.3. The van der Waals surface area contributed by atoms with E-state index in [1.165, 1.54) is 55.2 Å². The van der Waals surface area contributed by atoms with Crippen molar-refractivity contribution in [3.05, 3.63) is 211 Å². The van der Waals surface area contributed by atoms with Gasteiger partial charge in [-0.15, -0.1) is 35.9 Å². The second-order valence-electron chi connectivity index (χ2n) is 14.0. The van der Waals surface area contributed by atoms with Crippen molar-refractivity contribution >= 4 is 44.9 Å². The van der Waals surface area contributed by atoms with Crippen LogP contribution in [0.15, 0.2) is 194 Å². The summed E-state index contributed by atoms with van der Waals surface area (Å²) in [5.41, 5.74) is 16.8.